The molecule has 4 nitrogen and oxygen atoms in total. The van der Waals surface area contributed by atoms with Gasteiger partial charge < -0.3 is 4.74 Å². The van der Waals surface area contributed by atoms with E-state index >= 15 is 0 Å². The molecule has 21 heavy (non-hydrogen) atoms. The minimum Gasteiger partial charge on any atom is -0.379 e. The number of rotatable bonds is 5. The molecule has 0 amide bonds. The van der Waals surface area contributed by atoms with E-state index < -0.39 is 0 Å². The van der Waals surface area contributed by atoms with Crippen molar-refractivity contribution in [3.05, 3.63) is 34.1 Å². The van der Waals surface area contributed by atoms with Gasteiger partial charge >= 0.3 is 0 Å². The number of nitrogens with two attached hydrogens (primary N) is 1. The molecule has 1 aromatic rings. The zero-order chi connectivity index (χ0) is 15.5. The highest BCUT2D eigenvalue weighted by Gasteiger charge is 2.35. The molecule has 1 fully saturated rings. The smallest absolute Gasteiger partial charge is 0.124 e. The van der Waals surface area contributed by atoms with Crippen LogP contribution in [0.15, 0.2) is 22.7 Å². The zero-order valence-electron chi connectivity index (χ0n) is 12.5. The SMILES string of the molecule is CC(C)(C(Cc1cc(F)cc(Br)c1)NN)N1CCOCC1. The summed E-state index contributed by atoms with van der Waals surface area (Å²) in [6.45, 7) is 7.59. The third-order valence-electron chi connectivity index (χ3n) is 4.24. The Balaban J connectivity index is 2.13. The fraction of sp³-hybridized carbons (Fsp3) is 0.600. The van der Waals surface area contributed by atoms with Gasteiger partial charge in [0.2, 0.25) is 0 Å². The summed E-state index contributed by atoms with van der Waals surface area (Å²) in [5.74, 6) is 5.54. The summed E-state index contributed by atoms with van der Waals surface area (Å²) >= 11 is 3.33. The Labute approximate surface area is 133 Å². The first-order chi connectivity index (χ1) is 9.93. The second-order valence-corrected chi connectivity index (χ2v) is 6.87. The summed E-state index contributed by atoms with van der Waals surface area (Å²) in [6.07, 6.45) is 0.664. The number of nitrogens with one attached hydrogen (secondary N) is 1. The third kappa shape index (κ3) is 4.23. The molecule has 2 rings (SSSR count). The molecule has 1 aromatic carbocycles. The van der Waals surface area contributed by atoms with Crippen molar-refractivity contribution in [2.75, 3.05) is 26.3 Å². The number of hydrazine groups is 1. The molecule has 0 aromatic heterocycles. The van der Waals surface area contributed by atoms with Crippen LogP contribution in [0.25, 0.3) is 0 Å². The first kappa shape index (κ1) is 16.8. The molecule has 1 aliphatic rings. The summed E-state index contributed by atoms with van der Waals surface area (Å²) in [4.78, 5) is 2.37. The van der Waals surface area contributed by atoms with Crippen molar-refractivity contribution in [2.24, 2.45) is 5.84 Å². The van der Waals surface area contributed by atoms with Crippen LogP contribution in [0.5, 0.6) is 0 Å². The lowest BCUT2D eigenvalue weighted by atomic mass is 9.87. The van der Waals surface area contributed by atoms with Gasteiger partial charge in [-0.1, -0.05) is 15.9 Å². The van der Waals surface area contributed by atoms with Crippen molar-refractivity contribution in [1.29, 1.82) is 0 Å². The Morgan fingerprint density at radius 3 is 2.62 bits per heavy atom. The van der Waals surface area contributed by atoms with Crippen molar-refractivity contribution in [2.45, 2.75) is 31.8 Å². The molecule has 0 saturated carbocycles. The Kier molecular flexibility index (Phi) is 5.73. The molecule has 1 atom stereocenters. The van der Waals surface area contributed by atoms with Crippen molar-refractivity contribution >= 4 is 15.9 Å². The van der Waals surface area contributed by atoms with E-state index in [-0.39, 0.29) is 17.4 Å². The lowest BCUT2D eigenvalue weighted by molar-refractivity contribution is -0.0233. The highest BCUT2D eigenvalue weighted by molar-refractivity contribution is 9.10. The van der Waals surface area contributed by atoms with E-state index in [9.17, 15) is 4.39 Å². The number of benzene rings is 1. The van der Waals surface area contributed by atoms with E-state index in [1.165, 1.54) is 6.07 Å². The van der Waals surface area contributed by atoms with Gasteiger partial charge in [-0.25, -0.2) is 4.39 Å². The quantitative estimate of drug-likeness (QED) is 0.624. The normalized spacial score (nSPS) is 18.7. The topological polar surface area (TPSA) is 50.5 Å². The number of ether oxygens (including phenoxy) is 1. The number of hydrogen-bond donors (Lipinski definition) is 2. The predicted molar refractivity (Wildman–Crippen MR) is 85.4 cm³/mol. The van der Waals surface area contributed by atoms with E-state index in [0.29, 0.717) is 6.42 Å². The van der Waals surface area contributed by atoms with Crippen LogP contribution in [0.4, 0.5) is 4.39 Å². The highest BCUT2D eigenvalue weighted by Crippen LogP contribution is 2.24. The second-order valence-electron chi connectivity index (χ2n) is 5.95. The summed E-state index contributed by atoms with van der Waals surface area (Å²) in [5.41, 5.74) is 3.69. The van der Waals surface area contributed by atoms with Gasteiger partial charge in [0, 0.05) is 29.1 Å². The van der Waals surface area contributed by atoms with E-state index in [1.54, 1.807) is 6.07 Å². The van der Waals surface area contributed by atoms with E-state index in [0.717, 1.165) is 36.3 Å². The van der Waals surface area contributed by atoms with Crippen molar-refractivity contribution in [3.63, 3.8) is 0 Å². The van der Waals surface area contributed by atoms with Gasteiger partial charge in [-0.2, -0.15) is 0 Å². The van der Waals surface area contributed by atoms with Gasteiger partial charge in [-0.05, 0) is 44.0 Å². The standard InChI is InChI=1S/C15H23BrFN3O/c1-15(2,20-3-5-21-6-4-20)14(19-18)9-11-7-12(16)10-13(17)8-11/h7-8,10,14,19H,3-6,9,18H2,1-2H3. The van der Waals surface area contributed by atoms with Crippen molar-refractivity contribution in [3.8, 4) is 0 Å². The molecule has 1 aliphatic heterocycles. The van der Waals surface area contributed by atoms with Crippen LogP contribution in [0.3, 0.4) is 0 Å². The average Bonchev–Trinajstić information content (AvgIpc) is 2.44. The number of nitrogens with zero attached hydrogens (tertiary/aromatic N) is 1. The minimum atomic E-state index is -0.237. The Morgan fingerprint density at radius 2 is 2.05 bits per heavy atom. The fourth-order valence-electron chi connectivity index (χ4n) is 2.84. The average molecular weight is 360 g/mol. The molecule has 0 radical (unpaired) electrons. The second kappa shape index (κ2) is 7.15. The van der Waals surface area contributed by atoms with Gasteiger partial charge in [0.1, 0.15) is 5.82 Å². The molecule has 118 valence electrons. The molecule has 6 heteroatoms. The maximum absolute atomic E-state index is 13.5. The summed E-state index contributed by atoms with van der Waals surface area (Å²) in [5, 5.41) is 0. The Bertz CT molecular complexity index is 458. The molecular formula is C15H23BrFN3O. The number of hydrogen-bond acceptors (Lipinski definition) is 4. The van der Waals surface area contributed by atoms with Gasteiger partial charge in [0.25, 0.3) is 0 Å². The zero-order valence-corrected chi connectivity index (χ0v) is 14.1. The first-order valence-electron chi connectivity index (χ1n) is 7.17. The van der Waals surface area contributed by atoms with Crippen LogP contribution in [0.2, 0.25) is 0 Å². The number of halogens is 2. The van der Waals surface area contributed by atoms with Gasteiger partial charge in [-0.3, -0.25) is 16.2 Å². The van der Waals surface area contributed by atoms with Crippen LogP contribution in [-0.4, -0.2) is 42.8 Å². The molecule has 1 saturated heterocycles. The van der Waals surface area contributed by atoms with E-state index in [2.05, 4.69) is 40.1 Å². The van der Waals surface area contributed by atoms with Gasteiger partial charge in [-0.15, -0.1) is 0 Å². The van der Waals surface area contributed by atoms with Gasteiger partial charge in [0.05, 0.1) is 13.2 Å². The molecule has 0 spiro atoms. The minimum absolute atomic E-state index is 0.0179. The predicted octanol–water partition coefficient (Wildman–Crippen LogP) is 2.07. The van der Waals surface area contributed by atoms with Crippen LogP contribution in [0, 0.1) is 5.82 Å². The summed E-state index contributed by atoms with van der Waals surface area (Å²) < 4.78 is 19.7. The van der Waals surface area contributed by atoms with Crippen LogP contribution in [-0.2, 0) is 11.2 Å². The lowest BCUT2D eigenvalue weighted by Crippen LogP contribution is -2.62. The lowest BCUT2D eigenvalue weighted by Gasteiger charge is -2.45. The number of morpholine rings is 1. The summed E-state index contributed by atoms with van der Waals surface area (Å²) in [7, 11) is 0. The van der Waals surface area contributed by atoms with Crippen LogP contribution in [0.1, 0.15) is 19.4 Å². The molecule has 1 heterocycles. The largest absolute Gasteiger partial charge is 0.379 e. The molecule has 0 bridgehead atoms. The van der Waals surface area contributed by atoms with Crippen LogP contribution >= 0.6 is 15.9 Å². The maximum Gasteiger partial charge on any atom is 0.124 e. The molecule has 1 unspecified atom stereocenters. The maximum atomic E-state index is 13.5. The Morgan fingerprint density at radius 1 is 1.38 bits per heavy atom. The first-order valence-corrected chi connectivity index (χ1v) is 7.96. The highest BCUT2D eigenvalue weighted by atomic mass is 79.9. The van der Waals surface area contributed by atoms with Crippen molar-refractivity contribution in [1.82, 2.24) is 10.3 Å². The Hall–Kier alpha value is -0.530. The van der Waals surface area contributed by atoms with Crippen molar-refractivity contribution < 1.29 is 9.13 Å². The molecule has 0 aliphatic carbocycles. The molecule has 3 N–H and O–H groups in total. The molecular weight excluding hydrogens is 337 g/mol. The van der Waals surface area contributed by atoms with Gasteiger partial charge in [0.15, 0.2) is 0 Å². The third-order valence-corrected chi connectivity index (χ3v) is 4.70. The van der Waals surface area contributed by atoms with E-state index in [4.69, 9.17) is 10.6 Å². The summed E-state index contributed by atoms with van der Waals surface area (Å²) in [6, 6.07) is 4.97. The fourth-order valence-corrected chi connectivity index (χ4v) is 3.35. The monoisotopic (exact) mass is 359 g/mol. The van der Waals surface area contributed by atoms with Crippen LogP contribution < -0.4 is 11.3 Å². The van der Waals surface area contributed by atoms with E-state index in [1.807, 2.05) is 6.07 Å².